The number of amides is 3. The van der Waals surface area contributed by atoms with E-state index in [1.54, 1.807) is 36.4 Å². The Balaban J connectivity index is 2.09. The third kappa shape index (κ3) is 6.23. The second-order valence-electron chi connectivity index (χ2n) is 7.22. The van der Waals surface area contributed by atoms with Crippen LogP contribution in [0.25, 0.3) is 0 Å². The normalized spacial score (nSPS) is 11.6. The Morgan fingerprint density at radius 2 is 1.46 bits per heavy atom. The number of anilines is 2. The van der Waals surface area contributed by atoms with Crippen molar-refractivity contribution in [1.29, 1.82) is 0 Å². The summed E-state index contributed by atoms with van der Waals surface area (Å²) in [6.07, 6.45) is 0.521. The Labute approximate surface area is 165 Å². The maximum atomic E-state index is 12.8. The minimum absolute atomic E-state index is 0.160. The van der Waals surface area contributed by atoms with E-state index in [0.29, 0.717) is 23.4 Å². The first-order chi connectivity index (χ1) is 13.3. The Bertz CT molecular complexity index is 844. The lowest BCUT2D eigenvalue weighted by Crippen LogP contribution is -2.44. The van der Waals surface area contributed by atoms with Crippen LogP contribution in [0.5, 0.6) is 0 Å². The molecule has 0 radical (unpaired) electrons. The van der Waals surface area contributed by atoms with Gasteiger partial charge in [-0.2, -0.15) is 0 Å². The van der Waals surface area contributed by atoms with Gasteiger partial charge in [-0.15, -0.1) is 0 Å². The highest BCUT2D eigenvalue weighted by Crippen LogP contribution is 2.16. The Kier molecular flexibility index (Phi) is 7.32. The molecule has 3 amide bonds. The summed E-state index contributed by atoms with van der Waals surface area (Å²) in [5.41, 5.74) is 2.66. The quantitative estimate of drug-likeness (QED) is 0.683. The van der Waals surface area contributed by atoms with E-state index in [1.165, 1.54) is 6.92 Å². The van der Waals surface area contributed by atoms with Crippen molar-refractivity contribution in [2.75, 3.05) is 10.6 Å². The van der Waals surface area contributed by atoms with Gasteiger partial charge < -0.3 is 16.0 Å². The summed E-state index contributed by atoms with van der Waals surface area (Å²) >= 11 is 0. The minimum Gasteiger partial charge on any atom is -0.340 e. The number of rotatable bonds is 7. The second-order valence-corrected chi connectivity index (χ2v) is 7.22. The van der Waals surface area contributed by atoms with Gasteiger partial charge in [-0.25, -0.2) is 0 Å². The van der Waals surface area contributed by atoms with Gasteiger partial charge in [-0.3, -0.25) is 14.4 Å². The van der Waals surface area contributed by atoms with Gasteiger partial charge in [0.1, 0.15) is 6.04 Å². The molecule has 0 heterocycles. The lowest BCUT2D eigenvalue weighted by molar-refractivity contribution is -0.118. The van der Waals surface area contributed by atoms with Crippen molar-refractivity contribution in [3.63, 3.8) is 0 Å². The van der Waals surface area contributed by atoms with Crippen LogP contribution in [0.3, 0.4) is 0 Å². The number of carbonyl (C=O) groups excluding carboxylic acids is 3. The van der Waals surface area contributed by atoms with Crippen LogP contribution in [0.4, 0.5) is 11.4 Å². The van der Waals surface area contributed by atoms with Crippen LogP contribution in [0.1, 0.15) is 43.1 Å². The molecule has 148 valence electrons. The van der Waals surface area contributed by atoms with Crippen molar-refractivity contribution in [2.45, 2.75) is 40.2 Å². The molecule has 6 nitrogen and oxygen atoms in total. The first-order valence-corrected chi connectivity index (χ1v) is 9.31. The molecule has 28 heavy (non-hydrogen) atoms. The van der Waals surface area contributed by atoms with Crippen LogP contribution in [0, 0.1) is 12.8 Å². The number of hydrogen-bond acceptors (Lipinski definition) is 3. The van der Waals surface area contributed by atoms with E-state index in [4.69, 9.17) is 0 Å². The molecule has 0 saturated heterocycles. The van der Waals surface area contributed by atoms with Crippen LogP contribution < -0.4 is 16.0 Å². The maximum absolute atomic E-state index is 12.8. The first kappa shape index (κ1) is 21.2. The zero-order chi connectivity index (χ0) is 20.7. The molecule has 1 unspecified atom stereocenters. The largest absolute Gasteiger partial charge is 0.340 e. The predicted molar refractivity (Wildman–Crippen MR) is 111 cm³/mol. The SMILES string of the molecule is CC(=O)Nc1ccc(NC(=O)C(CC(C)C)NC(=O)c2ccccc2C)cc1. The summed E-state index contributed by atoms with van der Waals surface area (Å²) < 4.78 is 0. The van der Waals surface area contributed by atoms with Gasteiger partial charge in [0.15, 0.2) is 0 Å². The van der Waals surface area contributed by atoms with Gasteiger partial charge in [-0.1, -0.05) is 32.0 Å². The lowest BCUT2D eigenvalue weighted by Gasteiger charge is -2.21. The first-order valence-electron chi connectivity index (χ1n) is 9.31. The smallest absolute Gasteiger partial charge is 0.252 e. The Morgan fingerprint density at radius 3 is 2.00 bits per heavy atom. The molecule has 0 aliphatic heterocycles. The van der Waals surface area contributed by atoms with Gasteiger partial charge in [0.2, 0.25) is 11.8 Å². The van der Waals surface area contributed by atoms with E-state index in [1.807, 2.05) is 32.9 Å². The van der Waals surface area contributed by atoms with E-state index < -0.39 is 6.04 Å². The van der Waals surface area contributed by atoms with Crippen LogP contribution in [0.15, 0.2) is 48.5 Å². The molecule has 2 aromatic rings. The highest BCUT2D eigenvalue weighted by molar-refractivity contribution is 6.02. The summed E-state index contributed by atoms with van der Waals surface area (Å²) in [6, 6.07) is 13.5. The predicted octanol–water partition coefficient (Wildman–Crippen LogP) is 3.74. The van der Waals surface area contributed by atoms with Crippen molar-refractivity contribution in [2.24, 2.45) is 5.92 Å². The zero-order valence-corrected chi connectivity index (χ0v) is 16.7. The summed E-state index contributed by atoms with van der Waals surface area (Å²) in [7, 11) is 0. The molecule has 0 aliphatic carbocycles. The average Bonchev–Trinajstić information content (AvgIpc) is 2.62. The Hall–Kier alpha value is -3.15. The molecular formula is C22H27N3O3. The molecule has 0 aliphatic rings. The van der Waals surface area contributed by atoms with E-state index in [0.717, 1.165) is 5.56 Å². The molecule has 2 rings (SSSR count). The standard InChI is InChI=1S/C22H27N3O3/c1-14(2)13-20(25-21(27)19-8-6-5-7-15(19)3)22(28)24-18-11-9-17(10-12-18)23-16(4)26/h5-12,14,20H,13H2,1-4H3,(H,23,26)(H,24,28)(H,25,27). The van der Waals surface area contributed by atoms with Crippen molar-refractivity contribution < 1.29 is 14.4 Å². The minimum atomic E-state index is -0.651. The van der Waals surface area contributed by atoms with Gasteiger partial charge in [0.05, 0.1) is 0 Å². The Morgan fingerprint density at radius 1 is 0.893 bits per heavy atom. The third-order valence-corrected chi connectivity index (χ3v) is 4.19. The molecule has 0 saturated carbocycles. The monoisotopic (exact) mass is 381 g/mol. The number of benzene rings is 2. The molecule has 0 aromatic heterocycles. The van der Waals surface area contributed by atoms with Crippen molar-refractivity contribution in [3.8, 4) is 0 Å². The molecule has 6 heteroatoms. The van der Waals surface area contributed by atoms with Crippen LogP contribution in [0.2, 0.25) is 0 Å². The van der Waals surface area contributed by atoms with E-state index >= 15 is 0 Å². The van der Waals surface area contributed by atoms with E-state index in [2.05, 4.69) is 16.0 Å². The van der Waals surface area contributed by atoms with Gasteiger partial charge >= 0.3 is 0 Å². The molecule has 0 spiro atoms. The van der Waals surface area contributed by atoms with E-state index in [9.17, 15) is 14.4 Å². The van der Waals surface area contributed by atoms with Crippen LogP contribution >= 0.6 is 0 Å². The van der Waals surface area contributed by atoms with Crippen LogP contribution in [-0.4, -0.2) is 23.8 Å². The number of nitrogens with one attached hydrogen (secondary N) is 3. The highest BCUT2D eigenvalue weighted by atomic mass is 16.2. The van der Waals surface area contributed by atoms with Gasteiger partial charge in [0, 0.05) is 23.9 Å². The molecular weight excluding hydrogens is 354 g/mol. The summed E-state index contributed by atoms with van der Waals surface area (Å²) in [5, 5.41) is 8.36. The van der Waals surface area contributed by atoms with Crippen LogP contribution in [-0.2, 0) is 9.59 Å². The van der Waals surface area contributed by atoms with Crippen molar-refractivity contribution >= 4 is 29.1 Å². The lowest BCUT2D eigenvalue weighted by atomic mass is 10.0. The molecule has 1 atom stereocenters. The average molecular weight is 381 g/mol. The summed E-state index contributed by atoms with van der Waals surface area (Å²) in [6.45, 7) is 7.30. The molecule has 2 aromatic carbocycles. The van der Waals surface area contributed by atoms with Crippen molar-refractivity contribution in [1.82, 2.24) is 5.32 Å². The van der Waals surface area contributed by atoms with Gasteiger partial charge in [-0.05, 0) is 55.2 Å². The summed E-state index contributed by atoms with van der Waals surface area (Å²) in [5.74, 6) is -0.467. The second kappa shape index (κ2) is 9.69. The number of aryl methyl sites for hydroxylation is 1. The van der Waals surface area contributed by atoms with E-state index in [-0.39, 0.29) is 23.6 Å². The fraction of sp³-hybridized carbons (Fsp3) is 0.318. The van der Waals surface area contributed by atoms with Gasteiger partial charge in [0.25, 0.3) is 5.91 Å². The number of carbonyl (C=O) groups is 3. The maximum Gasteiger partial charge on any atom is 0.252 e. The number of hydrogen-bond donors (Lipinski definition) is 3. The summed E-state index contributed by atoms with van der Waals surface area (Å²) in [4.78, 5) is 36.5. The highest BCUT2D eigenvalue weighted by Gasteiger charge is 2.23. The molecule has 3 N–H and O–H groups in total. The molecule has 0 bridgehead atoms. The fourth-order valence-corrected chi connectivity index (χ4v) is 2.84. The fourth-order valence-electron chi connectivity index (χ4n) is 2.84. The zero-order valence-electron chi connectivity index (χ0n) is 16.7. The third-order valence-electron chi connectivity index (χ3n) is 4.19. The molecule has 0 fully saturated rings. The van der Waals surface area contributed by atoms with Crippen molar-refractivity contribution in [3.05, 3.63) is 59.7 Å². The topological polar surface area (TPSA) is 87.3 Å².